The molecule has 0 saturated heterocycles. The first-order chi connectivity index (χ1) is 5.52. The summed E-state index contributed by atoms with van der Waals surface area (Å²) in [5.74, 6) is 4.76. The van der Waals surface area contributed by atoms with Gasteiger partial charge in [0.25, 0.3) is 0 Å². The molecule has 1 rings (SSSR count). The predicted molar refractivity (Wildman–Crippen MR) is 55.1 cm³/mol. The van der Waals surface area contributed by atoms with E-state index in [1.54, 1.807) is 0 Å². The van der Waals surface area contributed by atoms with Gasteiger partial charge < -0.3 is 0 Å². The van der Waals surface area contributed by atoms with Crippen molar-refractivity contribution in [3.8, 4) is 0 Å². The quantitative estimate of drug-likeness (QED) is 0.585. The topological polar surface area (TPSA) is 0 Å². The SMILES string of the molecule is CC1CC(C(C)C)C(C(C)C)C1. The van der Waals surface area contributed by atoms with Crippen molar-refractivity contribution in [2.24, 2.45) is 29.6 Å². The first-order valence-electron chi connectivity index (χ1n) is 5.52. The maximum absolute atomic E-state index is 2.41. The lowest BCUT2D eigenvalue weighted by atomic mass is 9.80. The normalized spacial score (nSPS) is 36.8. The molecule has 1 aliphatic carbocycles. The van der Waals surface area contributed by atoms with Crippen LogP contribution in [0.15, 0.2) is 0 Å². The van der Waals surface area contributed by atoms with E-state index >= 15 is 0 Å². The van der Waals surface area contributed by atoms with Crippen LogP contribution in [-0.4, -0.2) is 0 Å². The van der Waals surface area contributed by atoms with Gasteiger partial charge in [-0.15, -0.1) is 0 Å². The molecule has 2 atom stereocenters. The summed E-state index contributed by atoms with van der Waals surface area (Å²) in [7, 11) is 0. The highest BCUT2D eigenvalue weighted by molar-refractivity contribution is 4.84. The molecule has 0 aromatic rings. The van der Waals surface area contributed by atoms with Crippen molar-refractivity contribution >= 4 is 0 Å². The zero-order valence-corrected chi connectivity index (χ0v) is 9.30. The third-order valence-corrected chi connectivity index (χ3v) is 3.61. The van der Waals surface area contributed by atoms with Gasteiger partial charge in [-0.25, -0.2) is 0 Å². The Hall–Kier alpha value is 0. The minimum Gasteiger partial charge on any atom is -0.0625 e. The van der Waals surface area contributed by atoms with Gasteiger partial charge >= 0.3 is 0 Å². The molecule has 0 heteroatoms. The van der Waals surface area contributed by atoms with E-state index in [4.69, 9.17) is 0 Å². The van der Waals surface area contributed by atoms with Gasteiger partial charge in [0.05, 0.1) is 0 Å². The molecule has 0 heterocycles. The van der Waals surface area contributed by atoms with Crippen molar-refractivity contribution in [2.75, 3.05) is 0 Å². The maximum atomic E-state index is 2.41. The molecular weight excluding hydrogens is 144 g/mol. The zero-order chi connectivity index (χ0) is 9.30. The van der Waals surface area contributed by atoms with Crippen LogP contribution in [0.2, 0.25) is 0 Å². The van der Waals surface area contributed by atoms with Crippen molar-refractivity contribution in [3.05, 3.63) is 0 Å². The van der Waals surface area contributed by atoms with Crippen LogP contribution in [0.4, 0.5) is 0 Å². The van der Waals surface area contributed by atoms with E-state index in [9.17, 15) is 0 Å². The largest absolute Gasteiger partial charge is 0.0625 e. The van der Waals surface area contributed by atoms with Gasteiger partial charge in [-0.05, 0) is 42.4 Å². The second-order valence-corrected chi connectivity index (χ2v) is 5.39. The van der Waals surface area contributed by atoms with E-state index in [-0.39, 0.29) is 0 Å². The minimum absolute atomic E-state index is 0.891. The fourth-order valence-corrected chi connectivity index (χ4v) is 2.91. The summed E-state index contributed by atoms with van der Waals surface area (Å²) in [6, 6.07) is 0. The smallest absolute Gasteiger partial charge is 0.0358 e. The van der Waals surface area contributed by atoms with E-state index in [2.05, 4.69) is 34.6 Å². The lowest BCUT2D eigenvalue weighted by Crippen LogP contribution is -2.18. The molecule has 0 aromatic carbocycles. The molecule has 0 amide bonds. The third kappa shape index (κ3) is 2.02. The van der Waals surface area contributed by atoms with Gasteiger partial charge in [0.1, 0.15) is 0 Å². The molecule has 0 bridgehead atoms. The number of hydrogen-bond acceptors (Lipinski definition) is 0. The highest BCUT2D eigenvalue weighted by Gasteiger charge is 2.35. The Kier molecular flexibility index (Phi) is 3.20. The zero-order valence-electron chi connectivity index (χ0n) is 9.30. The summed E-state index contributed by atoms with van der Waals surface area (Å²) in [5, 5.41) is 0. The molecule has 0 spiro atoms. The van der Waals surface area contributed by atoms with Gasteiger partial charge in [0.2, 0.25) is 0 Å². The van der Waals surface area contributed by atoms with Crippen LogP contribution in [0.5, 0.6) is 0 Å². The molecule has 72 valence electrons. The molecule has 12 heavy (non-hydrogen) atoms. The monoisotopic (exact) mass is 168 g/mol. The molecule has 0 radical (unpaired) electrons. The molecule has 0 aromatic heterocycles. The van der Waals surface area contributed by atoms with E-state index in [1.807, 2.05) is 0 Å². The predicted octanol–water partition coefficient (Wildman–Crippen LogP) is 3.96. The Morgan fingerprint density at radius 3 is 1.42 bits per heavy atom. The van der Waals surface area contributed by atoms with Crippen molar-refractivity contribution < 1.29 is 0 Å². The van der Waals surface area contributed by atoms with E-state index < -0.39 is 0 Å². The van der Waals surface area contributed by atoms with Crippen molar-refractivity contribution in [2.45, 2.75) is 47.5 Å². The molecule has 1 fully saturated rings. The van der Waals surface area contributed by atoms with Gasteiger partial charge in [-0.1, -0.05) is 34.6 Å². The number of rotatable bonds is 2. The molecule has 0 nitrogen and oxygen atoms in total. The highest BCUT2D eigenvalue weighted by Crippen LogP contribution is 2.43. The standard InChI is InChI=1S/C12H24/c1-8(2)11-6-10(5)7-12(11)9(3)4/h8-12H,6-7H2,1-5H3. The Bertz CT molecular complexity index is 119. The van der Waals surface area contributed by atoms with Crippen LogP contribution in [0.25, 0.3) is 0 Å². The van der Waals surface area contributed by atoms with Gasteiger partial charge in [-0.3, -0.25) is 0 Å². The van der Waals surface area contributed by atoms with Gasteiger partial charge in [0, 0.05) is 0 Å². The van der Waals surface area contributed by atoms with Crippen LogP contribution < -0.4 is 0 Å². The molecule has 1 saturated carbocycles. The Labute approximate surface area is 77.7 Å². The Morgan fingerprint density at radius 1 is 0.833 bits per heavy atom. The second-order valence-electron chi connectivity index (χ2n) is 5.39. The fourth-order valence-electron chi connectivity index (χ4n) is 2.91. The lowest BCUT2D eigenvalue weighted by molar-refractivity contribution is 0.235. The van der Waals surface area contributed by atoms with E-state index in [0.717, 1.165) is 29.6 Å². The molecule has 2 unspecified atom stereocenters. The summed E-state index contributed by atoms with van der Waals surface area (Å²) >= 11 is 0. The average Bonchev–Trinajstić information content (AvgIpc) is 2.31. The summed E-state index contributed by atoms with van der Waals surface area (Å²) < 4.78 is 0. The Morgan fingerprint density at radius 2 is 1.17 bits per heavy atom. The van der Waals surface area contributed by atoms with E-state index in [1.165, 1.54) is 12.8 Å². The van der Waals surface area contributed by atoms with E-state index in [0.29, 0.717) is 0 Å². The van der Waals surface area contributed by atoms with Gasteiger partial charge in [0.15, 0.2) is 0 Å². The third-order valence-electron chi connectivity index (χ3n) is 3.61. The summed E-state index contributed by atoms with van der Waals surface area (Å²) in [4.78, 5) is 0. The summed E-state index contributed by atoms with van der Waals surface area (Å²) in [6.07, 6.45) is 2.95. The lowest BCUT2D eigenvalue weighted by Gasteiger charge is -2.26. The average molecular weight is 168 g/mol. The van der Waals surface area contributed by atoms with Crippen LogP contribution in [0, 0.1) is 29.6 Å². The molecular formula is C12H24. The van der Waals surface area contributed by atoms with Crippen LogP contribution >= 0.6 is 0 Å². The highest BCUT2D eigenvalue weighted by atomic mass is 14.4. The van der Waals surface area contributed by atoms with Crippen molar-refractivity contribution in [1.29, 1.82) is 0 Å². The van der Waals surface area contributed by atoms with Crippen LogP contribution in [0.3, 0.4) is 0 Å². The summed E-state index contributed by atoms with van der Waals surface area (Å²) in [5.41, 5.74) is 0. The van der Waals surface area contributed by atoms with Crippen LogP contribution in [-0.2, 0) is 0 Å². The fraction of sp³-hybridized carbons (Fsp3) is 1.00. The minimum atomic E-state index is 0.891. The molecule has 0 N–H and O–H groups in total. The second kappa shape index (κ2) is 3.81. The molecule has 1 aliphatic rings. The molecule has 0 aliphatic heterocycles. The first-order valence-corrected chi connectivity index (χ1v) is 5.52. The summed E-state index contributed by atoms with van der Waals surface area (Å²) in [6.45, 7) is 12.0. The van der Waals surface area contributed by atoms with Crippen LogP contribution in [0.1, 0.15) is 47.5 Å². The Balaban J connectivity index is 2.59. The van der Waals surface area contributed by atoms with Crippen molar-refractivity contribution in [3.63, 3.8) is 0 Å². The van der Waals surface area contributed by atoms with Crippen molar-refractivity contribution in [1.82, 2.24) is 0 Å². The number of hydrogen-bond donors (Lipinski definition) is 0. The maximum Gasteiger partial charge on any atom is -0.0358 e. The van der Waals surface area contributed by atoms with Gasteiger partial charge in [-0.2, -0.15) is 0 Å². The first kappa shape index (κ1) is 10.1.